The van der Waals surface area contributed by atoms with Gasteiger partial charge >= 0.3 is 53.4 Å². The first-order valence-corrected chi connectivity index (χ1v) is 13.9. The number of esters is 4. The number of hydrogen-bond donors (Lipinski definition) is 0. The van der Waals surface area contributed by atoms with Crippen molar-refractivity contribution in [3.63, 3.8) is 0 Å². The van der Waals surface area contributed by atoms with Gasteiger partial charge < -0.3 is 14.2 Å². The van der Waals surface area contributed by atoms with Crippen LogP contribution in [0.3, 0.4) is 0 Å². The molecule has 0 saturated carbocycles. The van der Waals surface area contributed by atoms with Crippen LogP contribution in [-0.4, -0.2) is 65.6 Å². The Kier molecular flexibility index (Phi) is 26.6. The van der Waals surface area contributed by atoms with E-state index < -0.39 is 11.9 Å². The van der Waals surface area contributed by atoms with E-state index in [0.717, 1.165) is 70.6 Å². The molecule has 7 nitrogen and oxygen atoms in total. The van der Waals surface area contributed by atoms with Gasteiger partial charge in [-0.1, -0.05) is 59.3 Å². The summed E-state index contributed by atoms with van der Waals surface area (Å²) in [7, 11) is 0. The summed E-state index contributed by atoms with van der Waals surface area (Å²) in [5.41, 5.74) is 0. The van der Waals surface area contributed by atoms with Crippen molar-refractivity contribution in [1.29, 1.82) is 0 Å². The summed E-state index contributed by atoms with van der Waals surface area (Å²) in [5.74, 6) is -1.58. The molecule has 0 aliphatic rings. The van der Waals surface area contributed by atoms with Crippen LogP contribution in [0.2, 0.25) is 0 Å². The quantitative estimate of drug-likeness (QED) is 0.0539. The molecule has 0 spiro atoms. The van der Waals surface area contributed by atoms with Crippen LogP contribution in [0, 0.1) is 0 Å². The van der Waals surface area contributed by atoms with Crippen LogP contribution in [0.15, 0.2) is 0 Å². The summed E-state index contributed by atoms with van der Waals surface area (Å²) in [6, 6.07) is 0. The van der Waals surface area contributed by atoms with Gasteiger partial charge in [-0.2, -0.15) is 0 Å². The third-order valence-electron chi connectivity index (χ3n) is 5.92. The molecule has 0 heterocycles. The molecule has 2 atom stereocenters. The molecule has 0 N–H and O–H groups in total. The number of unbranched alkanes of at least 4 members (excludes halogenated alkanes) is 6. The molecule has 0 aromatic carbocycles. The minimum atomic E-state index is -0.549. The Morgan fingerprint density at radius 1 is 0.528 bits per heavy atom. The van der Waals surface area contributed by atoms with Crippen LogP contribution in [0.1, 0.15) is 143 Å². The Morgan fingerprint density at radius 3 is 1.36 bits per heavy atom. The Hall–Kier alpha value is -0.920. The van der Waals surface area contributed by atoms with Crippen molar-refractivity contribution in [3.05, 3.63) is 0 Å². The summed E-state index contributed by atoms with van der Waals surface area (Å²) in [6.07, 6.45) is 13.2. The molecule has 0 fully saturated rings. The summed E-state index contributed by atoms with van der Waals surface area (Å²) in [5, 5.41) is 0. The molecular weight excluding hydrogens is 471 g/mol. The van der Waals surface area contributed by atoms with E-state index >= 15 is 0 Å². The maximum atomic E-state index is 12.1. The third-order valence-corrected chi connectivity index (χ3v) is 5.92. The Balaban J connectivity index is 0. The van der Waals surface area contributed by atoms with Gasteiger partial charge in [0.1, 0.15) is 12.2 Å². The van der Waals surface area contributed by atoms with Gasteiger partial charge in [0.25, 0.3) is 0 Å². The molecule has 0 aromatic rings. The van der Waals surface area contributed by atoms with Gasteiger partial charge in [0.2, 0.25) is 0 Å². The Bertz CT molecular complexity index is 594. The van der Waals surface area contributed by atoms with Crippen LogP contribution in [0.5, 0.6) is 0 Å². The maximum absolute atomic E-state index is 12.1. The predicted octanol–water partition coefficient (Wildman–Crippen LogP) is 6.33. The Labute approximate surface area is 241 Å². The van der Waals surface area contributed by atoms with Crippen LogP contribution in [0.4, 0.5) is 0 Å². The molecule has 0 bridgehead atoms. The van der Waals surface area contributed by atoms with Gasteiger partial charge in [0.15, 0.2) is 0 Å². The van der Waals surface area contributed by atoms with Crippen molar-refractivity contribution in [1.82, 2.24) is 0 Å². The standard InChI is InChI=1S/C28H50O7.Na.H/c1-5-8-11-16-24(33-23(4)29)18-14-21-27(31)35-28(32)22-15-19-25(17-12-9-6-2)34-26(30)20-13-10-7-3;;/h24-25H,5-22H2,1-4H3;;. The fourth-order valence-corrected chi connectivity index (χ4v) is 3.94. The Morgan fingerprint density at radius 2 is 0.917 bits per heavy atom. The van der Waals surface area contributed by atoms with Crippen molar-refractivity contribution >= 4 is 53.4 Å². The van der Waals surface area contributed by atoms with Gasteiger partial charge in [-0.15, -0.1) is 0 Å². The average Bonchev–Trinajstić information content (AvgIpc) is 2.78. The summed E-state index contributed by atoms with van der Waals surface area (Å²) in [4.78, 5) is 47.5. The predicted molar refractivity (Wildman–Crippen MR) is 144 cm³/mol. The molecule has 8 heteroatoms. The van der Waals surface area contributed by atoms with Gasteiger partial charge in [0.05, 0.1) is 0 Å². The van der Waals surface area contributed by atoms with Crippen molar-refractivity contribution in [2.45, 2.75) is 155 Å². The van der Waals surface area contributed by atoms with Crippen LogP contribution < -0.4 is 0 Å². The molecule has 36 heavy (non-hydrogen) atoms. The second-order valence-corrected chi connectivity index (χ2v) is 9.42. The molecule has 0 aliphatic heterocycles. The van der Waals surface area contributed by atoms with E-state index in [4.69, 9.17) is 14.2 Å². The average molecular weight is 523 g/mol. The van der Waals surface area contributed by atoms with E-state index in [2.05, 4.69) is 20.8 Å². The summed E-state index contributed by atoms with van der Waals surface area (Å²) >= 11 is 0. The fraction of sp³-hybridized carbons (Fsp3) is 0.857. The van der Waals surface area contributed by atoms with E-state index in [9.17, 15) is 19.2 Å². The van der Waals surface area contributed by atoms with Gasteiger partial charge in [-0.3, -0.25) is 19.2 Å². The minimum absolute atomic E-state index is 0. The van der Waals surface area contributed by atoms with Crippen LogP contribution in [0.25, 0.3) is 0 Å². The van der Waals surface area contributed by atoms with Crippen LogP contribution >= 0.6 is 0 Å². The zero-order valence-corrected chi connectivity index (χ0v) is 22.7. The van der Waals surface area contributed by atoms with Crippen molar-refractivity contribution in [2.24, 2.45) is 0 Å². The number of rotatable bonds is 22. The van der Waals surface area contributed by atoms with E-state index in [1.165, 1.54) is 6.92 Å². The first kappa shape index (κ1) is 37.2. The van der Waals surface area contributed by atoms with E-state index in [0.29, 0.717) is 32.1 Å². The number of ether oxygens (including phenoxy) is 3. The fourth-order valence-electron chi connectivity index (χ4n) is 3.94. The monoisotopic (exact) mass is 522 g/mol. The molecule has 0 aromatic heterocycles. The molecule has 2 unspecified atom stereocenters. The van der Waals surface area contributed by atoms with Crippen molar-refractivity contribution in [2.75, 3.05) is 0 Å². The molecule has 0 aliphatic carbocycles. The first-order chi connectivity index (χ1) is 16.8. The van der Waals surface area contributed by atoms with Gasteiger partial charge in [-0.25, -0.2) is 0 Å². The zero-order valence-electron chi connectivity index (χ0n) is 22.7. The van der Waals surface area contributed by atoms with Gasteiger partial charge in [-0.05, 0) is 57.8 Å². The van der Waals surface area contributed by atoms with E-state index in [-0.39, 0.29) is 66.5 Å². The second-order valence-electron chi connectivity index (χ2n) is 9.42. The first-order valence-electron chi connectivity index (χ1n) is 13.9. The summed E-state index contributed by atoms with van der Waals surface area (Å²) < 4.78 is 15.9. The van der Waals surface area contributed by atoms with E-state index in [1.807, 2.05) is 0 Å². The molecular formula is C28H51NaO7. The summed E-state index contributed by atoms with van der Waals surface area (Å²) in [6.45, 7) is 7.72. The molecule has 0 amide bonds. The molecule has 206 valence electrons. The molecule has 0 radical (unpaired) electrons. The number of hydrogen-bond acceptors (Lipinski definition) is 7. The normalized spacial score (nSPS) is 12.2. The van der Waals surface area contributed by atoms with Crippen molar-refractivity contribution < 1.29 is 33.4 Å². The second kappa shape index (κ2) is 25.7. The van der Waals surface area contributed by atoms with Crippen molar-refractivity contribution in [3.8, 4) is 0 Å². The topological polar surface area (TPSA) is 96.0 Å². The number of carbonyl (C=O) groups is 4. The van der Waals surface area contributed by atoms with E-state index in [1.54, 1.807) is 0 Å². The third kappa shape index (κ3) is 23.5. The number of carbonyl (C=O) groups excluding carboxylic acids is 4. The molecule has 0 rings (SSSR count). The van der Waals surface area contributed by atoms with Gasteiger partial charge in [0, 0.05) is 26.2 Å². The SMILES string of the molecule is CCCCCC(=O)OC(CCCCC)CCCC(=O)OC(=O)CCCC(CCCCC)OC(C)=O.[NaH]. The molecule has 0 saturated heterocycles. The van der Waals surface area contributed by atoms with Crippen LogP contribution in [-0.2, 0) is 33.4 Å². The zero-order chi connectivity index (χ0) is 26.3.